The van der Waals surface area contributed by atoms with Crippen LogP contribution in [0.2, 0.25) is 0 Å². The first kappa shape index (κ1) is 14.7. The van der Waals surface area contributed by atoms with Crippen molar-refractivity contribution in [3.8, 4) is 0 Å². The predicted molar refractivity (Wildman–Crippen MR) is 85.2 cm³/mol. The molecule has 0 atom stereocenters. The van der Waals surface area contributed by atoms with Gasteiger partial charge in [-0.15, -0.1) is 0 Å². The van der Waals surface area contributed by atoms with Crippen molar-refractivity contribution in [3.63, 3.8) is 0 Å². The molecular weight excluding hydrogens is 346 g/mol. The fourth-order valence-electron chi connectivity index (χ4n) is 2.56. The van der Waals surface area contributed by atoms with E-state index in [1.54, 1.807) is 48.5 Å². The van der Waals surface area contributed by atoms with Crippen LogP contribution in [-0.2, 0) is 6.54 Å². The van der Waals surface area contributed by atoms with E-state index in [-0.39, 0.29) is 29.5 Å². The number of amides is 2. The minimum Gasteiger partial charge on any atom is -0.293 e. The van der Waals surface area contributed by atoms with Crippen molar-refractivity contribution < 1.29 is 14.4 Å². The van der Waals surface area contributed by atoms with E-state index in [1.165, 1.54) is 4.90 Å². The number of benzene rings is 2. The van der Waals surface area contributed by atoms with E-state index in [0.717, 1.165) is 0 Å². The Morgan fingerprint density at radius 3 is 2.05 bits per heavy atom. The Labute approximate surface area is 135 Å². The molecule has 0 bridgehead atoms. The minimum atomic E-state index is -0.318. The first-order chi connectivity index (χ1) is 10.6. The first-order valence-corrected chi connectivity index (χ1v) is 7.88. The van der Waals surface area contributed by atoms with Gasteiger partial charge in [-0.05, 0) is 17.7 Å². The molecule has 4 nitrogen and oxygen atoms in total. The number of fused-ring (bicyclic) bond motifs is 1. The molecule has 110 valence electrons. The van der Waals surface area contributed by atoms with Crippen molar-refractivity contribution in [2.24, 2.45) is 0 Å². The Morgan fingerprint density at radius 2 is 1.45 bits per heavy atom. The molecule has 1 aliphatic heterocycles. The highest BCUT2D eigenvalue weighted by Crippen LogP contribution is 2.25. The highest BCUT2D eigenvalue weighted by molar-refractivity contribution is 9.09. The van der Waals surface area contributed by atoms with Crippen LogP contribution in [0.15, 0.2) is 48.5 Å². The van der Waals surface area contributed by atoms with Gasteiger partial charge in [-0.3, -0.25) is 19.3 Å². The largest absolute Gasteiger partial charge is 0.293 e. The van der Waals surface area contributed by atoms with E-state index in [9.17, 15) is 14.4 Å². The Morgan fingerprint density at radius 1 is 0.909 bits per heavy atom. The topological polar surface area (TPSA) is 54.5 Å². The van der Waals surface area contributed by atoms with Crippen LogP contribution < -0.4 is 0 Å². The number of hydrogen-bond acceptors (Lipinski definition) is 3. The quantitative estimate of drug-likeness (QED) is 0.480. The Hall–Kier alpha value is -2.27. The van der Waals surface area contributed by atoms with E-state index in [1.807, 2.05) is 0 Å². The number of carbonyl (C=O) groups excluding carboxylic acids is 3. The number of ketones is 1. The maximum atomic E-state index is 12.4. The SMILES string of the molecule is O=C(CBr)c1ccccc1CN1C(=O)c2ccccc2C1=O. The molecule has 2 aromatic rings. The number of halogens is 1. The summed E-state index contributed by atoms with van der Waals surface area (Å²) in [6.07, 6.45) is 0. The first-order valence-electron chi connectivity index (χ1n) is 6.75. The van der Waals surface area contributed by atoms with Gasteiger partial charge in [-0.25, -0.2) is 0 Å². The van der Waals surface area contributed by atoms with Crippen molar-refractivity contribution in [3.05, 3.63) is 70.8 Å². The molecule has 5 heteroatoms. The van der Waals surface area contributed by atoms with Gasteiger partial charge in [0.25, 0.3) is 11.8 Å². The summed E-state index contributed by atoms with van der Waals surface area (Å²) in [6.45, 7) is 0.0985. The van der Waals surface area contributed by atoms with E-state index in [2.05, 4.69) is 15.9 Å². The van der Waals surface area contributed by atoms with Crippen LogP contribution in [0.4, 0.5) is 0 Å². The third-order valence-electron chi connectivity index (χ3n) is 3.65. The zero-order chi connectivity index (χ0) is 15.7. The predicted octanol–water partition coefficient (Wildman–Crippen LogP) is 3.06. The highest BCUT2D eigenvalue weighted by Gasteiger charge is 2.35. The second-order valence-electron chi connectivity index (χ2n) is 4.96. The normalized spacial score (nSPS) is 13.4. The summed E-state index contributed by atoms with van der Waals surface area (Å²) in [4.78, 5) is 37.9. The molecule has 2 aromatic carbocycles. The molecule has 0 aliphatic carbocycles. The lowest BCUT2D eigenvalue weighted by molar-refractivity contribution is 0.0640. The molecular formula is C17H12BrNO3. The summed E-state index contributed by atoms with van der Waals surface area (Å²) in [5, 5.41) is 0.201. The van der Waals surface area contributed by atoms with Gasteiger partial charge < -0.3 is 0 Å². The molecule has 0 radical (unpaired) electrons. The fourth-order valence-corrected chi connectivity index (χ4v) is 2.86. The number of alkyl halides is 1. The molecule has 2 amide bonds. The summed E-state index contributed by atoms with van der Waals surface area (Å²) < 4.78 is 0. The molecule has 0 spiro atoms. The summed E-state index contributed by atoms with van der Waals surface area (Å²) in [6, 6.07) is 13.8. The van der Waals surface area contributed by atoms with Crippen LogP contribution in [-0.4, -0.2) is 27.8 Å². The number of imide groups is 1. The van der Waals surface area contributed by atoms with Gasteiger partial charge in [0.05, 0.1) is 23.0 Å². The molecule has 22 heavy (non-hydrogen) atoms. The van der Waals surface area contributed by atoms with E-state index in [0.29, 0.717) is 22.3 Å². The van der Waals surface area contributed by atoms with Gasteiger partial charge in [-0.2, -0.15) is 0 Å². The van der Waals surface area contributed by atoms with Crippen LogP contribution in [0, 0.1) is 0 Å². The zero-order valence-corrected chi connectivity index (χ0v) is 13.2. The highest BCUT2D eigenvalue weighted by atomic mass is 79.9. The summed E-state index contributed by atoms with van der Waals surface area (Å²) in [5.74, 6) is -0.712. The average molecular weight is 358 g/mol. The van der Waals surface area contributed by atoms with Crippen molar-refractivity contribution in [2.45, 2.75) is 6.54 Å². The van der Waals surface area contributed by atoms with Crippen LogP contribution in [0.1, 0.15) is 36.6 Å². The monoisotopic (exact) mass is 357 g/mol. The second kappa shape index (κ2) is 5.85. The second-order valence-corrected chi connectivity index (χ2v) is 5.52. The van der Waals surface area contributed by atoms with Crippen molar-refractivity contribution in [1.82, 2.24) is 4.90 Å². The van der Waals surface area contributed by atoms with Crippen LogP contribution in [0.5, 0.6) is 0 Å². The third kappa shape index (κ3) is 2.37. The molecule has 1 aliphatic rings. The average Bonchev–Trinajstić information content (AvgIpc) is 2.80. The number of carbonyl (C=O) groups is 3. The van der Waals surface area contributed by atoms with Crippen molar-refractivity contribution in [1.29, 1.82) is 0 Å². The maximum absolute atomic E-state index is 12.4. The lowest BCUT2D eigenvalue weighted by Gasteiger charge is -2.16. The molecule has 0 N–H and O–H groups in total. The van der Waals surface area contributed by atoms with E-state index in [4.69, 9.17) is 0 Å². The number of rotatable bonds is 4. The minimum absolute atomic E-state index is 0.0767. The fraction of sp³-hybridized carbons (Fsp3) is 0.118. The lowest BCUT2D eigenvalue weighted by Crippen LogP contribution is -2.29. The molecule has 3 rings (SSSR count). The Bertz CT molecular complexity index is 750. The molecule has 0 aromatic heterocycles. The number of Topliss-reactive ketones (excluding diaryl/α,β-unsaturated/α-hetero) is 1. The van der Waals surface area contributed by atoms with Gasteiger partial charge in [0, 0.05) is 5.56 Å². The molecule has 0 unspecified atom stereocenters. The van der Waals surface area contributed by atoms with Crippen LogP contribution >= 0.6 is 15.9 Å². The Kier molecular flexibility index (Phi) is 3.90. The molecule has 0 fully saturated rings. The zero-order valence-electron chi connectivity index (χ0n) is 11.6. The van der Waals surface area contributed by atoms with Crippen LogP contribution in [0.3, 0.4) is 0 Å². The van der Waals surface area contributed by atoms with E-state index < -0.39 is 0 Å². The van der Waals surface area contributed by atoms with Crippen LogP contribution in [0.25, 0.3) is 0 Å². The molecule has 0 saturated heterocycles. The standard InChI is InChI=1S/C17H12BrNO3/c18-9-15(20)12-6-2-1-5-11(12)10-19-16(21)13-7-3-4-8-14(13)17(19)22/h1-8H,9-10H2. The summed E-state index contributed by atoms with van der Waals surface area (Å²) in [5.41, 5.74) is 2.02. The van der Waals surface area contributed by atoms with Gasteiger partial charge in [0.15, 0.2) is 5.78 Å². The molecule has 0 saturated carbocycles. The summed E-state index contributed by atoms with van der Waals surface area (Å²) in [7, 11) is 0. The van der Waals surface area contributed by atoms with Gasteiger partial charge in [0.2, 0.25) is 0 Å². The van der Waals surface area contributed by atoms with Gasteiger partial charge in [0.1, 0.15) is 0 Å². The van der Waals surface area contributed by atoms with Crippen molar-refractivity contribution in [2.75, 3.05) is 5.33 Å². The summed E-state index contributed by atoms with van der Waals surface area (Å²) >= 11 is 3.15. The smallest absolute Gasteiger partial charge is 0.261 e. The number of nitrogens with zero attached hydrogens (tertiary/aromatic N) is 1. The Balaban J connectivity index is 1.95. The van der Waals surface area contributed by atoms with E-state index >= 15 is 0 Å². The third-order valence-corrected chi connectivity index (χ3v) is 4.16. The van der Waals surface area contributed by atoms with Gasteiger partial charge in [-0.1, -0.05) is 52.3 Å². The lowest BCUT2D eigenvalue weighted by atomic mass is 10.0. The maximum Gasteiger partial charge on any atom is 0.261 e. The number of hydrogen-bond donors (Lipinski definition) is 0. The molecule has 1 heterocycles. The van der Waals surface area contributed by atoms with Crippen molar-refractivity contribution >= 4 is 33.5 Å². The van der Waals surface area contributed by atoms with Gasteiger partial charge >= 0.3 is 0 Å².